The minimum absolute atomic E-state index is 0.660. The maximum Gasteiger partial charge on any atom is 0.0700 e. The van der Waals surface area contributed by atoms with Crippen LogP contribution in [0, 0.1) is 13.8 Å². The highest BCUT2D eigenvalue weighted by molar-refractivity contribution is 5.24. The summed E-state index contributed by atoms with van der Waals surface area (Å²) in [7, 11) is 1.69. The fourth-order valence-corrected chi connectivity index (χ4v) is 2.16. The number of nitrogens with zero attached hydrogens (tertiary/aromatic N) is 2. The highest BCUT2D eigenvalue weighted by Crippen LogP contribution is 2.13. The normalized spacial score (nSPS) is 11.2. The minimum Gasteiger partial charge on any atom is -0.382 e. The van der Waals surface area contributed by atoms with Crippen LogP contribution in [0.15, 0.2) is 0 Å². The van der Waals surface area contributed by atoms with Crippen LogP contribution < -0.4 is 5.32 Å². The summed E-state index contributed by atoms with van der Waals surface area (Å²) in [4.78, 5) is 0. The van der Waals surface area contributed by atoms with Gasteiger partial charge in [0.1, 0.15) is 0 Å². The Hall–Kier alpha value is -0.910. The Labute approximate surface area is 122 Å². The van der Waals surface area contributed by atoms with E-state index in [1.165, 1.54) is 11.3 Å². The topological polar surface area (TPSA) is 48.3 Å². The van der Waals surface area contributed by atoms with Gasteiger partial charge in [-0.05, 0) is 33.2 Å². The molecule has 0 aliphatic carbocycles. The summed E-state index contributed by atoms with van der Waals surface area (Å²) in [6.07, 6.45) is 2.14. The lowest BCUT2D eigenvalue weighted by atomic mass is 10.2. The van der Waals surface area contributed by atoms with Crippen molar-refractivity contribution in [2.45, 2.75) is 46.7 Å². The molecule has 20 heavy (non-hydrogen) atoms. The Kier molecular flexibility index (Phi) is 8.49. The predicted octanol–water partition coefficient (Wildman–Crippen LogP) is 2.05. The average Bonchev–Trinajstić information content (AvgIpc) is 2.70. The van der Waals surface area contributed by atoms with Gasteiger partial charge in [-0.15, -0.1) is 0 Å². The molecule has 0 fully saturated rings. The van der Waals surface area contributed by atoms with Gasteiger partial charge in [-0.2, -0.15) is 5.10 Å². The summed E-state index contributed by atoms with van der Waals surface area (Å²) in [5.41, 5.74) is 3.73. The summed E-state index contributed by atoms with van der Waals surface area (Å²) in [5.74, 6) is 0. The van der Waals surface area contributed by atoms with E-state index in [1.807, 2.05) is 0 Å². The second-order valence-corrected chi connectivity index (χ2v) is 5.01. The molecule has 116 valence electrons. The number of aryl methyl sites for hydroxylation is 2. The Morgan fingerprint density at radius 3 is 2.70 bits per heavy atom. The lowest BCUT2D eigenvalue weighted by Gasteiger charge is -2.07. The van der Waals surface area contributed by atoms with Gasteiger partial charge in [0, 0.05) is 38.1 Å². The van der Waals surface area contributed by atoms with Crippen molar-refractivity contribution in [1.82, 2.24) is 15.1 Å². The molecule has 1 N–H and O–H groups in total. The van der Waals surface area contributed by atoms with Crippen LogP contribution in [-0.4, -0.2) is 43.3 Å². The molecule has 0 aliphatic rings. The summed E-state index contributed by atoms with van der Waals surface area (Å²) in [5, 5.41) is 8.06. The van der Waals surface area contributed by atoms with Crippen molar-refractivity contribution in [3.8, 4) is 0 Å². The van der Waals surface area contributed by atoms with Crippen LogP contribution in [0.2, 0.25) is 0 Å². The minimum atomic E-state index is 0.660. The van der Waals surface area contributed by atoms with E-state index >= 15 is 0 Å². The van der Waals surface area contributed by atoms with Gasteiger partial charge in [-0.3, -0.25) is 4.68 Å². The lowest BCUT2D eigenvalue weighted by molar-refractivity contribution is 0.0676. The highest BCUT2D eigenvalue weighted by Gasteiger charge is 2.10. The predicted molar refractivity (Wildman–Crippen MR) is 81.0 cm³/mol. The van der Waals surface area contributed by atoms with Crippen LogP contribution in [0.3, 0.4) is 0 Å². The molecule has 0 saturated heterocycles. The number of hydrogen-bond donors (Lipinski definition) is 1. The van der Waals surface area contributed by atoms with E-state index in [-0.39, 0.29) is 0 Å². The smallest absolute Gasteiger partial charge is 0.0700 e. The summed E-state index contributed by atoms with van der Waals surface area (Å²) >= 11 is 0. The number of methoxy groups -OCH3 is 1. The van der Waals surface area contributed by atoms with E-state index in [9.17, 15) is 0 Å². The molecule has 1 heterocycles. The third-order valence-electron chi connectivity index (χ3n) is 3.35. The third kappa shape index (κ3) is 5.61. The molecule has 0 spiro atoms. The molecule has 0 unspecified atom stereocenters. The van der Waals surface area contributed by atoms with Gasteiger partial charge in [0.25, 0.3) is 0 Å². The van der Waals surface area contributed by atoms with E-state index in [0.29, 0.717) is 13.2 Å². The van der Waals surface area contributed by atoms with Crippen LogP contribution in [-0.2, 0) is 22.6 Å². The molecule has 0 bridgehead atoms. The molecule has 5 heteroatoms. The van der Waals surface area contributed by atoms with Gasteiger partial charge in [-0.1, -0.05) is 6.92 Å². The summed E-state index contributed by atoms with van der Waals surface area (Å²) < 4.78 is 12.5. The number of rotatable bonds is 11. The van der Waals surface area contributed by atoms with Crippen LogP contribution in [0.5, 0.6) is 0 Å². The van der Waals surface area contributed by atoms with Gasteiger partial charge in [0.2, 0.25) is 0 Å². The van der Waals surface area contributed by atoms with Crippen LogP contribution >= 0.6 is 0 Å². The van der Waals surface area contributed by atoms with Crippen molar-refractivity contribution in [1.29, 1.82) is 0 Å². The van der Waals surface area contributed by atoms with Crippen molar-refractivity contribution in [2.24, 2.45) is 0 Å². The molecule has 1 aromatic heterocycles. The van der Waals surface area contributed by atoms with Gasteiger partial charge in [0.15, 0.2) is 0 Å². The first kappa shape index (κ1) is 17.1. The number of nitrogens with one attached hydrogen (secondary N) is 1. The molecule has 0 saturated carbocycles. The maximum atomic E-state index is 5.47. The van der Waals surface area contributed by atoms with Gasteiger partial charge < -0.3 is 14.8 Å². The molecule has 0 aromatic carbocycles. The number of hydrogen-bond acceptors (Lipinski definition) is 4. The van der Waals surface area contributed by atoms with Crippen molar-refractivity contribution < 1.29 is 9.47 Å². The van der Waals surface area contributed by atoms with Gasteiger partial charge in [-0.25, -0.2) is 0 Å². The largest absolute Gasteiger partial charge is 0.382 e. The first-order valence-corrected chi connectivity index (χ1v) is 7.51. The van der Waals surface area contributed by atoms with E-state index in [4.69, 9.17) is 9.47 Å². The zero-order valence-electron chi connectivity index (χ0n) is 13.4. The third-order valence-corrected chi connectivity index (χ3v) is 3.35. The fraction of sp³-hybridized carbons (Fsp3) is 0.800. The Morgan fingerprint density at radius 2 is 2.00 bits per heavy atom. The van der Waals surface area contributed by atoms with E-state index in [1.54, 1.807) is 7.11 Å². The van der Waals surface area contributed by atoms with E-state index in [2.05, 4.69) is 35.9 Å². The fourth-order valence-electron chi connectivity index (χ4n) is 2.16. The van der Waals surface area contributed by atoms with Crippen LogP contribution in [0.4, 0.5) is 0 Å². The molecule has 0 atom stereocenters. The molecule has 0 radical (unpaired) electrons. The molecule has 0 amide bonds. The first-order chi connectivity index (χ1) is 9.70. The number of aromatic nitrogens is 2. The molecular formula is C15H29N3O2. The standard InChI is InChI=1S/C15H29N3O2/c1-5-7-16-12-15-13(2)17-18(14(15)3)8-6-9-20-11-10-19-4/h16H,5-12H2,1-4H3. The Morgan fingerprint density at radius 1 is 1.20 bits per heavy atom. The van der Waals surface area contributed by atoms with Crippen molar-refractivity contribution in [3.05, 3.63) is 17.0 Å². The van der Waals surface area contributed by atoms with E-state index in [0.717, 1.165) is 44.8 Å². The maximum absolute atomic E-state index is 5.47. The highest BCUT2D eigenvalue weighted by atomic mass is 16.5. The summed E-state index contributed by atoms with van der Waals surface area (Å²) in [6, 6.07) is 0. The zero-order chi connectivity index (χ0) is 14.8. The second kappa shape index (κ2) is 9.91. The van der Waals surface area contributed by atoms with Crippen molar-refractivity contribution in [2.75, 3.05) is 33.5 Å². The Bertz CT molecular complexity index is 377. The van der Waals surface area contributed by atoms with E-state index < -0.39 is 0 Å². The second-order valence-electron chi connectivity index (χ2n) is 5.01. The van der Waals surface area contributed by atoms with Crippen LogP contribution in [0.1, 0.15) is 36.7 Å². The van der Waals surface area contributed by atoms with Gasteiger partial charge in [0.05, 0.1) is 18.9 Å². The number of ether oxygens (including phenoxy) is 2. The Balaban J connectivity index is 2.36. The van der Waals surface area contributed by atoms with Crippen molar-refractivity contribution >= 4 is 0 Å². The average molecular weight is 283 g/mol. The lowest BCUT2D eigenvalue weighted by Crippen LogP contribution is -2.15. The van der Waals surface area contributed by atoms with Crippen molar-refractivity contribution in [3.63, 3.8) is 0 Å². The van der Waals surface area contributed by atoms with Gasteiger partial charge >= 0.3 is 0 Å². The SMILES string of the molecule is CCCNCc1c(C)nn(CCCOCCOC)c1C. The zero-order valence-corrected chi connectivity index (χ0v) is 13.4. The van der Waals surface area contributed by atoms with Crippen LogP contribution in [0.25, 0.3) is 0 Å². The first-order valence-electron chi connectivity index (χ1n) is 7.51. The molecule has 5 nitrogen and oxygen atoms in total. The quantitative estimate of drug-likeness (QED) is 0.632. The molecule has 0 aliphatic heterocycles. The molecule has 1 aromatic rings. The summed E-state index contributed by atoms with van der Waals surface area (Å²) in [6.45, 7) is 11.4. The molecular weight excluding hydrogens is 254 g/mol. The monoisotopic (exact) mass is 283 g/mol. The molecule has 1 rings (SSSR count).